The van der Waals surface area contributed by atoms with E-state index in [2.05, 4.69) is 47.9 Å². The van der Waals surface area contributed by atoms with Gasteiger partial charge in [-0.1, -0.05) is 66.7 Å². The third-order valence-electron chi connectivity index (χ3n) is 6.53. The second-order valence-electron chi connectivity index (χ2n) is 8.80. The van der Waals surface area contributed by atoms with Crippen LogP contribution in [0.4, 0.5) is 11.4 Å². The van der Waals surface area contributed by atoms with E-state index in [-0.39, 0.29) is 17.8 Å². The monoisotopic (exact) mass is 478 g/mol. The molecule has 0 aliphatic heterocycles. The van der Waals surface area contributed by atoms with Gasteiger partial charge in [0.05, 0.1) is 13.2 Å². The molecule has 36 heavy (non-hydrogen) atoms. The molecule has 2 unspecified atom stereocenters. The number of benzene rings is 4. The lowest BCUT2D eigenvalue weighted by Crippen LogP contribution is -2.32. The predicted octanol–water partition coefficient (Wildman–Crippen LogP) is 5.33. The molecular formula is C30H26N2O4. The van der Waals surface area contributed by atoms with Gasteiger partial charge in [-0.15, -0.1) is 0 Å². The number of hydrogen-bond donors (Lipinski definition) is 3. The van der Waals surface area contributed by atoms with Gasteiger partial charge in [-0.2, -0.15) is 0 Å². The predicted molar refractivity (Wildman–Crippen MR) is 143 cm³/mol. The van der Waals surface area contributed by atoms with E-state index in [4.69, 9.17) is 4.74 Å². The van der Waals surface area contributed by atoms with E-state index in [1.807, 2.05) is 54.6 Å². The van der Waals surface area contributed by atoms with Crippen molar-refractivity contribution in [3.8, 4) is 11.5 Å². The molecule has 180 valence electrons. The summed E-state index contributed by atoms with van der Waals surface area (Å²) in [7, 11) is 1.64. The maximum absolute atomic E-state index is 11.8. The minimum atomic E-state index is -0.865. The molecule has 3 N–H and O–H groups in total. The minimum Gasteiger partial charge on any atom is -0.502 e. The summed E-state index contributed by atoms with van der Waals surface area (Å²) in [4.78, 5) is 23.2. The average Bonchev–Trinajstić information content (AvgIpc) is 2.93. The maximum atomic E-state index is 11.8. The zero-order chi connectivity index (χ0) is 25.2. The van der Waals surface area contributed by atoms with Crippen molar-refractivity contribution >= 4 is 22.1 Å². The summed E-state index contributed by atoms with van der Waals surface area (Å²) in [5, 5.41) is 18.8. The van der Waals surface area contributed by atoms with Crippen molar-refractivity contribution in [3.05, 3.63) is 128 Å². The van der Waals surface area contributed by atoms with Crippen LogP contribution in [0.3, 0.4) is 0 Å². The van der Waals surface area contributed by atoms with Crippen LogP contribution >= 0.6 is 0 Å². The highest BCUT2D eigenvalue weighted by Crippen LogP contribution is 2.32. The number of ether oxygens (including phenoxy) is 1. The quantitative estimate of drug-likeness (QED) is 0.261. The first kappa shape index (κ1) is 23.3. The van der Waals surface area contributed by atoms with Crippen molar-refractivity contribution in [2.24, 2.45) is 0 Å². The molecule has 5 aromatic rings. The molecule has 0 aliphatic carbocycles. The normalized spacial score (nSPS) is 12.9. The van der Waals surface area contributed by atoms with Gasteiger partial charge >= 0.3 is 0 Å². The van der Waals surface area contributed by atoms with Crippen LogP contribution in [-0.4, -0.2) is 12.2 Å². The highest BCUT2D eigenvalue weighted by molar-refractivity contribution is 5.86. The maximum Gasteiger partial charge on any atom is 0.271 e. The van der Waals surface area contributed by atoms with E-state index < -0.39 is 16.6 Å². The smallest absolute Gasteiger partial charge is 0.271 e. The summed E-state index contributed by atoms with van der Waals surface area (Å²) < 4.78 is 5.35. The van der Waals surface area contributed by atoms with E-state index in [0.29, 0.717) is 5.69 Å². The molecule has 6 nitrogen and oxygen atoms in total. The molecule has 0 aliphatic rings. The first-order chi connectivity index (χ1) is 17.5. The Hall–Kier alpha value is -4.42. The van der Waals surface area contributed by atoms with Crippen LogP contribution in [-0.2, 0) is 0 Å². The van der Waals surface area contributed by atoms with Gasteiger partial charge in [-0.25, -0.2) is 0 Å². The van der Waals surface area contributed by atoms with Crippen LogP contribution in [0.25, 0.3) is 10.8 Å². The van der Waals surface area contributed by atoms with Crippen molar-refractivity contribution in [1.82, 2.24) is 5.32 Å². The third-order valence-corrected chi connectivity index (χ3v) is 6.53. The van der Waals surface area contributed by atoms with Gasteiger partial charge < -0.3 is 15.2 Å². The van der Waals surface area contributed by atoms with Crippen molar-refractivity contribution in [2.75, 3.05) is 12.4 Å². The highest BCUT2D eigenvalue weighted by atomic mass is 16.5. The zero-order valence-electron chi connectivity index (χ0n) is 20.0. The number of hydrogen-bond acceptors (Lipinski definition) is 6. The van der Waals surface area contributed by atoms with Gasteiger partial charge in [-0.05, 0) is 58.7 Å². The Bertz CT molecular complexity index is 1600. The van der Waals surface area contributed by atoms with Crippen molar-refractivity contribution in [2.45, 2.75) is 19.0 Å². The van der Waals surface area contributed by atoms with E-state index >= 15 is 0 Å². The molecule has 6 heteroatoms. The highest BCUT2D eigenvalue weighted by Gasteiger charge is 2.22. The lowest BCUT2D eigenvalue weighted by molar-refractivity contribution is 0.414. The Balaban J connectivity index is 1.51. The second kappa shape index (κ2) is 9.68. The van der Waals surface area contributed by atoms with Crippen LogP contribution in [0, 0.1) is 0 Å². The van der Waals surface area contributed by atoms with Gasteiger partial charge in [-0.3, -0.25) is 14.9 Å². The lowest BCUT2D eigenvalue weighted by Gasteiger charge is -2.26. The number of aromatic hydroxyl groups is 1. The Labute approximate surface area is 208 Å². The molecule has 0 bridgehead atoms. The second-order valence-corrected chi connectivity index (χ2v) is 8.80. The summed E-state index contributed by atoms with van der Waals surface area (Å²) in [6.45, 7) is 2.14. The fourth-order valence-corrected chi connectivity index (χ4v) is 4.59. The van der Waals surface area contributed by atoms with E-state index in [1.165, 1.54) is 16.3 Å². The Morgan fingerprint density at radius 2 is 1.53 bits per heavy atom. The van der Waals surface area contributed by atoms with Crippen molar-refractivity contribution in [3.63, 3.8) is 0 Å². The molecule has 2 atom stereocenters. The number of nitrogens with one attached hydrogen (secondary N) is 2. The van der Waals surface area contributed by atoms with E-state index in [1.54, 1.807) is 13.2 Å². The average molecular weight is 479 g/mol. The van der Waals surface area contributed by atoms with E-state index in [9.17, 15) is 14.7 Å². The molecule has 0 fully saturated rings. The van der Waals surface area contributed by atoms with E-state index in [0.717, 1.165) is 16.9 Å². The molecule has 0 aromatic heterocycles. The van der Waals surface area contributed by atoms with Gasteiger partial charge in [0.2, 0.25) is 0 Å². The fraction of sp³-hybridized carbons (Fsp3) is 0.133. The van der Waals surface area contributed by atoms with Crippen LogP contribution in [0.1, 0.15) is 35.7 Å². The molecule has 5 rings (SSSR count). The molecule has 0 heterocycles. The fourth-order valence-electron chi connectivity index (χ4n) is 4.59. The lowest BCUT2D eigenvalue weighted by atomic mass is 9.94. The molecule has 0 spiro atoms. The molecule has 0 amide bonds. The number of fused-ring (bicyclic) bond motifs is 1. The minimum absolute atomic E-state index is 0.0115. The van der Waals surface area contributed by atoms with Crippen LogP contribution < -0.4 is 26.2 Å². The molecule has 5 aromatic carbocycles. The summed E-state index contributed by atoms with van der Waals surface area (Å²) in [5.74, 6) is 0.241. The number of methoxy groups -OCH3 is 1. The Morgan fingerprint density at radius 3 is 2.28 bits per heavy atom. The van der Waals surface area contributed by atoms with Crippen LogP contribution in [0.5, 0.6) is 11.5 Å². The van der Waals surface area contributed by atoms with Gasteiger partial charge in [0.15, 0.2) is 5.75 Å². The first-order valence-corrected chi connectivity index (χ1v) is 11.7. The van der Waals surface area contributed by atoms with Crippen LogP contribution in [0.2, 0.25) is 0 Å². The number of rotatable bonds is 8. The van der Waals surface area contributed by atoms with Crippen molar-refractivity contribution < 1.29 is 9.84 Å². The third kappa shape index (κ3) is 4.34. The summed E-state index contributed by atoms with van der Waals surface area (Å²) in [6, 6.07) is 29.9. The summed E-state index contributed by atoms with van der Waals surface area (Å²) in [5.41, 5.74) is 2.13. The number of anilines is 2. The molecule has 0 saturated carbocycles. The van der Waals surface area contributed by atoms with Gasteiger partial charge in [0, 0.05) is 11.7 Å². The standard InChI is InChI=1S/C30H26N2O4/c1-18(24-12-6-8-19-7-3-4-11-25(19)24)31-26(20-13-15-23(36-2)16-14-20)21-9-5-10-22(17-21)32-27-28(33)30(35)29(27)34/h3-18,26,31-33H,1-2H3. The first-order valence-electron chi connectivity index (χ1n) is 11.7. The van der Waals surface area contributed by atoms with Crippen LogP contribution in [0.15, 0.2) is 101 Å². The Kier molecular flexibility index (Phi) is 6.27. The molecular weight excluding hydrogens is 452 g/mol. The van der Waals surface area contributed by atoms with Gasteiger partial charge in [0.1, 0.15) is 11.4 Å². The SMILES string of the molecule is COc1ccc(C(NC(C)c2cccc3ccccc23)c2cccc(Nc3c(O)c(=O)c3=O)c2)cc1. The largest absolute Gasteiger partial charge is 0.502 e. The Morgan fingerprint density at radius 1 is 0.806 bits per heavy atom. The zero-order valence-corrected chi connectivity index (χ0v) is 20.0. The molecule has 0 radical (unpaired) electrons. The summed E-state index contributed by atoms with van der Waals surface area (Å²) >= 11 is 0. The van der Waals surface area contributed by atoms with Crippen molar-refractivity contribution in [1.29, 1.82) is 0 Å². The molecule has 0 saturated heterocycles. The van der Waals surface area contributed by atoms with Gasteiger partial charge in [0.25, 0.3) is 10.9 Å². The summed E-state index contributed by atoms with van der Waals surface area (Å²) in [6.07, 6.45) is 0. The topological polar surface area (TPSA) is 87.7 Å².